The van der Waals surface area contributed by atoms with Gasteiger partial charge in [0.1, 0.15) is 11.6 Å². The van der Waals surface area contributed by atoms with Crippen LogP contribution in [0.1, 0.15) is 73.3 Å². The van der Waals surface area contributed by atoms with Crippen molar-refractivity contribution in [2.75, 3.05) is 5.32 Å². The highest BCUT2D eigenvalue weighted by Crippen LogP contribution is 2.43. The zero-order chi connectivity index (χ0) is 19.7. The molecule has 0 bridgehead atoms. The van der Waals surface area contributed by atoms with Crippen molar-refractivity contribution in [3.8, 4) is 0 Å². The van der Waals surface area contributed by atoms with Gasteiger partial charge in [-0.25, -0.2) is 4.68 Å². The van der Waals surface area contributed by atoms with Crippen molar-refractivity contribution in [2.24, 2.45) is 0 Å². The van der Waals surface area contributed by atoms with Crippen LogP contribution in [0.15, 0.2) is 28.9 Å². The second kappa shape index (κ2) is 7.52. The molecule has 2 aliphatic rings. The Labute approximate surface area is 160 Å². The zero-order valence-corrected chi connectivity index (χ0v) is 15.3. The van der Waals surface area contributed by atoms with Gasteiger partial charge < -0.3 is 15.1 Å². The van der Waals surface area contributed by atoms with Gasteiger partial charge in [0.05, 0.1) is 12.3 Å². The fourth-order valence-corrected chi connectivity index (χ4v) is 4.04. The van der Waals surface area contributed by atoms with E-state index in [2.05, 4.69) is 15.7 Å². The first-order chi connectivity index (χ1) is 13.4. The van der Waals surface area contributed by atoms with Crippen LogP contribution in [0.25, 0.3) is 0 Å². The van der Waals surface area contributed by atoms with E-state index in [1.54, 1.807) is 12.1 Å². The maximum Gasteiger partial charge on any atom is 0.410 e. The monoisotopic (exact) mass is 396 g/mol. The van der Waals surface area contributed by atoms with Crippen LogP contribution >= 0.6 is 0 Å². The number of fused-ring (bicyclic) bond motifs is 1. The van der Waals surface area contributed by atoms with Gasteiger partial charge >= 0.3 is 6.18 Å². The lowest BCUT2D eigenvalue weighted by Crippen LogP contribution is -2.36. The highest BCUT2D eigenvalue weighted by Gasteiger charge is 2.47. The zero-order valence-electron chi connectivity index (χ0n) is 15.3. The van der Waals surface area contributed by atoms with Crippen molar-refractivity contribution in [3.63, 3.8) is 0 Å². The number of hydrogen-bond acceptors (Lipinski definition) is 4. The van der Waals surface area contributed by atoms with Crippen LogP contribution in [0, 0.1) is 0 Å². The summed E-state index contributed by atoms with van der Waals surface area (Å²) in [6, 6.07) is 2.26. The second-order valence-electron chi connectivity index (χ2n) is 7.53. The van der Waals surface area contributed by atoms with Gasteiger partial charge in [0.2, 0.25) is 0 Å². The summed E-state index contributed by atoms with van der Waals surface area (Å²) >= 11 is 0. The molecule has 152 valence electrons. The second-order valence-corrected chi connectivity index (χ2v) is 7.53. The smallest absolute Gasteiger partial charge is 0.410 e. The first-order valence-electron chi connectivity index (χ1n) is 9.69. The molecule has 9 heteroatoms. The Morgan fingerprint density at radius 2 is 2.00 bits per heavy atom. The average Bonchev–Trinajstić information content (AvgIpc) is 3.26. The van der Waals surface area contributed by atoms with Crippen LogP contribution in [0.3, 0.4) is 0 Å². The summed E-state index contributed by atoms with van der Waals surface area (Å²) < 4.78 is 47.1. The minimum Gasteiger partial charge on any atom is -0.467 e. The van der Waals surface area contributed by atoms with Gasteiger partial charge in [-0.1, -0.05) is 25.7 Å². The van der Waals surface area contributed by atoms with Crippen LogP contribution in [0.4, 0.5) is 19.0 Å². The Morgan fingerprint density at radius 3 is 2.64 bits per heavy atom. The summed E-state index contributed by atoms with van der Waals surface area (Å²) in [7, 11) is 0. The number of carbonyl (C=O) groups is 1. The molecule has 1 saturated carbocycles. The number of nitrogens with zero attached hydrogens (tertiary/aromatic N) is 2. The van der Waals surface area contributed by atoms with Crippen molar-refractivity contribution >= 4 is 11.7 Å². The molecule has 6 nitrogen and oxygen atoms in total. The summed E-state index contributed by atoms with van der Waals surface area (Å²) in [5.74, 6) is 0.165. The van der Waals surface area contributed by atoms with Gasteiger partial charge in [0.25, 0.3) is 5.91 Å². The number of aromatic nitrogens is 2. The molecule has 2 aromatic rings. The Balaban J connectivity index is 1.57. The molecule has 0 spiro atoms. The number of furan rings is 1. The molecule has 2 N–H and O–H groups in total. The topological polar surface area (TPSA) is 72.1 Å². The molecule has 1 aliphatic heterocycles. The third-order valence-electron chi connectivity index (χ3n) is 5.50. The van der Waals surface area contributed by atoms with Gasteiger partial charge in [-0.15, -0.1) is 0 Å². The van der Waals surface area contributed by atoms with Crippen LogP contribution in [-0.4, -0.2) is 27.9 Å². The highest BCUT2D eigenvalue weighted by atomic mass is 19.4. The minimum absolute atomic E-state index is 0.00101. The molecular formula is C19H23F3N4O2. The highest BCUT2D eigenvalue weighted by molar-refractivity contribution is 5.93. The molecule has 1 aliphatic carbocycles. The quantitative estimate of drug-likeness (QED) is 0.745. The predicted octanol–water partition coefficient (Wildman–Crippen LogP) is 4.59. The SMILES string of the molecule is O=C(NC1CCCCCC1)c1cc2n(n1)[C@@H](C(F)(F)F)C[C@H](c1ccco1)N2. The molecule has 1 amide bonds. The molecule has 0 aromatic carbocycles. The lowest BCUT2D eigenvalue weighted by molar-refractivity contribution is -0.174. The Kier molecular flexibility index (Phi) is 5.07. The van der Waals surface area contributed by atoms with Gasteiger partial charge in [0, 0.05) is 18.5 Å². The summed E-state index contributed by atoms with van der Waals surface area (Å²) in [4.78, 5) is 12.6. The largest absolute Gasteiger partial charge is 0.467 e. The third kappa shape index (κ3) is 3.88. The van der Waals surface area contributed by atoms with E-state index in [1.807, 2.05) is 0 Å². The van der Waals surface area contributed by atoms with Gasteiger partial charge in [-0.05, 0) is 25.0 Å². The molecule has 3 heterocycles. The fourth-order valence-electron chi connectivity index (χ4n) is 4.04. The molecule has 0 radical (unpaired) electrons. The van der Waals surface area contributed by atoms with Crippen molar-refractivity contribution in [1.29, 1.82) is 0 Å². The lowest BCUT2D eigenvalue weighted by Gasteiger charge is -2.32. The van der Waals surface area contributed by atoms with E-state index in [9.17, 15) is 18.0 Å². The molecule has 0 unspecified atom stereocenters. The van der Waals surface area contributed by atoms with Crippen molar-refractivity contribution < 1.29 is 22.4 Å². The van der Waals surface area contributed by atoms with E-state index in [1.165, 1.54) is 12.3 Å². The molecular weight excluding hydrogens is 373 g/mol. The van der Waals surface area contributed by atoms with E-state index < -0.39 is 24.2 Å². The average molecular weight is 396 g/mol. The summed E-state index contributed by atoms with van der Waals surface area (Å²) in [6.07, 6.45) is 2.87. The van der Waals surface area contributed by atoms with Crippen molar-refractivity contribution in [3.05, 3.63) is 35.9 Å². The number of hydrogen-bond donors (Lipinski definition) is 2. The predicted molar refractivity (Wildman–Crippen MR) is 96.0 cm³/mol. The number of rotatable bonds is 3. The van der Waals surface area contributed by atoms with Crippen molar-refractivity contribution in [2.45, 2.75) is 69.2 Å². The van der Waals surface area contributed by atoms with Crippen LogP contribution in [0.2, 0.25) is 0 Å². The maximum absolute atomic E-state index is 13.6. The third-order valence-corrected chi connectivity index (χ3v) is 5.50. The Bertz CT molecular complexity index is 808. The molecule has 4 rings (SSSR count). The standard InChI is InChI=1S/C19H23F3N4O2/c20-19(21,22)16-10-13(15-8-5-9-28-15)24-17-11-14(25-26(16)17)18(27)23-12-6-3-1-2-4-7-12/h5,8-9,11-13,16,24H,1-4,6-7,10H2,(H,23,27)/t13-,16-/m1/s1. The van der Waals surface area contributed by atoms with E-state index in [4.69, 9.17) is 4.42 Å². The lowest BCUT2D eigenvalue weighted by atomic mass is 10.0. The van der Waals surface area contributed by atoms with E-state index in [0.29, 0.717) is 5.76 Å². The minimum atomic E-state index is -4.48. The van der Waals surface area contributed by atoms with E-state index in [0.717, 1.165) is 43.2 Å². The normalized spacial score (nSPS) is 23.5. The van der Waals surface area contributed by atoms with Crippen LogP contribution in [-0.2, 0) is 0 Å². The summed E-state index contributed by atoms with van der Waals surface area (Å²) in [6.45, 7) is 0. The van der Waals surface area contributed by atoms with Crippen LogP contribution in [0.5, 0.6) is 0 Å². The number of halogens is 3. The van der Waals surface area contributed by atoms with E-state index >= 15 is 0 Å². The molecule has 0 saturated heterocycles. The van der Waals surface area contributed by atoms with Gasteiger partial charge in [-0.2, -0.15) is 18.3 Å². The molecule has 2 atom stereocenters. The Hall–Kier alpha value is -2.45. The number of carbonyl (C=O) groups excluding carboxylic acids is 1. The molecule has 28 heavy (non-hydrogen) atoms. The number of alkyl halides is 3. The number of anilines is 1. The Morgan fingerprint density at radius 1 is 1.25 bits per heavy atom. The van der Waals surface area contributed by atoms with Crippen molar-refractivity contribution in [1.82, 2.24) is 15.1 Å². The summed E-state index contributed by atoms with van der Waals surface area (Å²) in [5.41, 5.74) is 0.00101. The van der Waals surface area contributed by atoms with Gasteiger partial charge in [-0.3, -0.25) is 4.79 Å². The number of amides is 1. The summed E-state index contributed by atoms with van der Waals surface area (Å²) in [5, 5.41) is 9.95. The maximum atomic E-state index is 13.6. The van der Waals surface area contributed by atoms with Crippen LogP contribution < -0.4 is 10.6 Å². The number of nitrogens with one attached hydrogen (secondary N) is 2. The van der Waals surface area contributed by atoms with E-state index in [-0.39, 0.29) is 24.0 Å². The fraction of sp³-hybridized carbons (Fsp3) is 0.579. The molecule has 1 fully saturated rings. The first kappa shape index (κ1) is 18.9. The molecule has 2 aromatic heterocycles. The van der Waals surface area contributed by atoms with Gasteiger partial charge in [0.15, 0.2) is 11.7 Å². The first-order valence-corrected chi connectivity index (χ1v) is 9.69.